The fourth-order valence-electron chi connectivity index (χ4n) is 2.18. The minimum Gasteiger partial charge on any atom is -0.289 e. The second-order valence-corrected chi connectivity index (χ2v) is 5.53. The van der Waals surface area contributed by atoms with E-state index in [2.05, 4.69) is 31.0 Å². The van der Waals surface area contributed by atoms with Gasteiger partial charge >= 0.3 is 0 Å². The molecule has 1 aromatic carbocycles. The van der Waals surface area contributed by atoms with Crippen LogP contribution in [0, 0.1) is 0 Å². The monoisotopic (exact) mass is 339 g/mol. The van der Waals surface area contributed by atoms with Gasteiger partial charge in [-0.05, 0) is 28.1 Å². The van der Waals surface area contributed by atoms with Gasteiger partial charge in [-0.3, -0.25) is 4.40 Å². The molecule has 0 aliphatic carbocycles. The number of imidazole rings is 1. The molecule has 0 aliphatic rings. The number of benzene rings is 1. The highest BCUT2D eigenvalue weighted by Gasteiger charge is 2.08. The van der Waals surface area contributed by atoms with E-state index in [0.29, 0.717) is 5.78 Å². The molecule has 0 N–H and O–H groups in total. The first kappa shape index (κ1) is 12.3. The molecular formula is C15H10BrN5. The van der Waals surface area contributed by atoms with Crippen molar-refractivity contribution in [3.8, 4) is 16.9 Å². The first-order valence-electron chi connectivity index (χ1n) is 6.40. The highest BCUT2D eigenvalue weighted by molar-refractivity contribution is 9.10. The normalized spacial score (nSPS) is 11.1. The Morgan fingerprint density at radius 3 is 2.67 bits per heavy atom. The molecule has 21 heavy (non-hydrogen) atoms. The van der Waals surface area contributed by atoms with Crippen molar-refractivity contribution in [3.63, 3.8) is 0 Å². The van der Waals surface area contributed by atoms with Crippen LogP contribution in [0.15, 0.2) is 65.8 Å². The second kappa shape index (κ2) is 4.82. The molecule has 0 aliphatic heterocycles. The van der Waals surface area contributed by atoms with Gasteiger partial charge in [0.15, 0.2) is 0 Å². The first-order valence-corrected chi connectivity index (χ1v) is 7.20. The zero-order chi connectivity index (χ0) is 14.2. The van der Waals surface area contributed by atoms with E-state index in [9.17, 15) is 0 Å². The van der Waals surface area contributed by atoms with Crippen LogP contribution in [0.1, 0.15) is 0 Å². The summed E-state index contributed by atoms with van der Waals surface area (Å²) in [5, 5.41) is 4.39. The Morgan fingerprint density at radius 2 is 1.81 bits per heavy atom. The van der Waals surface area contributed by atoms with Crippen molar-refractivity contribution in [2.75, 3.05) is 0 Å². The van der Waals surface area contributed by atoms with Crippen LogP contribution in [-0.2, 0) is 0 Å². The predicted octanol–water partition coefficient (Wildman–Crippen LogP) is 3.34. The quantitative estimate of drug-likeness (QED) is 0.562. The summed E-state index contributed by atoms with van der Waals surface area (Å²) in [7, 11) is 0. The van der Waals surface area contributed by atoms with Crippen molar-refractivity contribution in [3.05, 3.63) is 65.8 Å². The molecule has 0 amide bonds. The van der Waals surface area contributed by atoms with E-state index in [-0.39, 0.29) is 0 Å². The number of hydrogen-bond donors (Lipinski definition) is 0. The Morgan fingerprint density at radius 1 is 0.952 bits per heavy atom. The first-order chi connectivity index (χ1) is 10.3. The SMILES string of the molecule is Brc1cnc2nc(-c3cnn(-c4ccccc4)c3)cn2c1. The lowest BCUT2D eigenvalue weighted by Gasteiger charge is -1.98. The van der Waals surface area contributed by atoms with Gasteiger partial charge in [-0.15, -0.1) is 0 Å². The number of halogens is 1. The molecule has 4 aromatic rings. The Kier molecular flexibility index (Phi) is 2.82. The van der Waals surface area contributed by atoms with Crippen molar-refractivity contribution in [2.24, 2.45) is 0 Å². The van der Waals surface area contributed by atoms with Crippen LogP contribution in [0.25, 0.3) is 22.7 Å². The highest BCUT2D eigenvalue weighted by Crippen LogP contribution is 2.20. The van der Waals surface area contributed by atoms with Crippen LogP contribution in [0.5, 0.6) is 0 Å². The third-order valence-electron chi connectivity index (χ3n) is 3.18. The average Bonchev–Trinajstić information content (AvgIpc) is 3.14. The van der Waals surface area contributed by atoms with Gasteiger partial charge in [-0.25, -0.2) is 14.6 Å². The summed E-state index contributed by atoms with van der Waals surface area (Å²) in [6, 6.07) is 9.99. The van der Waals surface area contributed by atoms with Crippen LogP contribution in [0.4, 0.5) is 0 Å². The van der Waals surface area contributed by atoms with Crippen molar-refractivity contribution >= 4 is 21.7 Å². The van der Waals surface area contributed by atoms with Crippen LogP contribution >= 0.6 is 15.9 Å². The van der Waals surface area contributed by atoms with Gasteiger partial charge in [0.25, 0.3) is 0 Å². The Hall–Kier alpha value is -2.47. The van der Waals surface area contributed by atoms with Gasteiger partial charge in [0, 0.05) is 30.4 Å². The molecule has 0 saturated heterocycles. The van der Waals surface area contributed by atoms with Crippen molar-refractivity contribution < 1.29 is 0 Å². The van der Waals surface area contributed by atoms with Crippen LogP contribution in [0.2, 0.25) is 0 Å². The van der Waals surface area contributed by atoms with Crippen molar-refractivity contribution in [1.29, 1.82) is 0 Å². The molecule has 6 heteroatoms. The van der Waals surface area contributed by atoms with Gasteiger partial charge in [0.2, 0.25) is 5.78 Å². The lowest BCUT2D eigenvalue weighted by Crippen LogP contribution is -1.92. The maximum absolute atomic E-state index is 4.51. The summed E-state index contributed by atoms with van der Waals surface area (Å²) in [6.45, 7) is 0. The van der Waals surface area contributed by atoms with Gasteiger partial charge < -0.3 is 0 Å². The molecular weight excluding hydrogens is 330 g/mol. The topological polar surface area (TPSA) is 48.0 Å². The summed E-state index contributed by atoms with van der Waals surface area (Å²) >= 11 is 3.41. The van der Waals surface area contributed by atoms with Crippen molar-refractivity contribution in [1.82, 2.24) is 24.1 Å². The Bertz CT molecular complexity index is 910. The highest BCUT2D eigenvalue weighted by atomic mass is 79.9. The molecule has 0 fully saturated rings. The summed E-state index contributed by atoms with van der Waals surface area (Å²) in [4.78, 5) is 8.78. The van der Waals surface area contributed by atoms with E-state index in [1.54, 1.807) is 6.20 Å². The Labute approximate surface area is 129 Å². The van der Waals surface area contributed by atoms with E-state index in [0.717, 1.165) is 21.4 Å². The van der Waals surface area contributed by atoms with E-state index in [1.165, 1.54) is 0 Å². The Balaban J connectivity index is 1.77. The summed E-state index contributed by atoms with van der Waals surface area (Å²) < 4.78 is 4.64. The molecule has 3 aromatic heterocycles. The minimum absolute atomic E-state index is 0.667. The molecule has 3 heterocycles. The number of aromatic nitrogens is 5. The third kappa shape index (κ3) is 2.23. The lowest BCUT2D eigenvalue weighted by molar-refractivity contribution is 0.881. The van der Waals surface area contributed by atoms with Gasteiger partial charge in [0.1, 0.15) is 0 Å². The fourth-order valence-corrected chi connectivity index (χ4v) is 2.50. The predicted molar refractivity (Wildman–Crippen MR) is 83.2 cm³/mol. The van der Waals surface area contributed by atoms with Crippen LogP contribution in [-0.4, -0.2) is 24.1 Å². The van der Waals surface area contributed by atoms with Gasteiger partial charge in [-0.1, -0.05) is 18.2 Å². The molecule has 102 valence electrons. The van der Waals surface area contributed by atoms with Gasteiger partial charge in [-0.2, -0.15) is 5.10 Å². The maximum atomic E-state index is 4.51. The average molecular weight is 340 g/mol. The number of nitrogens with zero attached hydrogens (tertiary/aromatic N) is 5. The summed E-state index contributed by atoms with van der Waals surface area (Å²) in [5.41, 5.74) is 2.83. The molecule has 0 bridgehead atoms. The molecule has 0 unspecified atom stereocenters. The second-order valence-electron chi connectivity index (χ2n) is 4.61. The number of fused-ring (bicyclic) bond motifs is 1. The van der Waals surface area contributed by atoms with E-state index >= 15 is 0 Å². The van der Waals surface area contributed by atoms with E-state index in [4.69, 9.17) is 0 Å². The zero-order valence-corrected chi connectivity index (χ0v) is 12.5. The van der Waals surface area contributed by atoms with Crippen LogP contribution in [0.3, 0.4) is 0 Å². The van der Waals surface area contributed by atoms with E-state index < -0.39 is 0 Å². The van der Waals surface area contributed by atoms with Gasteiger partial charge in [0.05, 0.1) is 22.1 Å². The van der Waals surface area contributed by atoms with E-state index in [1.807, 2.05) is 64.2 Å². The minimum atomic E-state index is 0.667. The maximum Gasteiger partial charge on any atom is 0.234 e. The standard InChI is InChI=1S/C15H10BrN5/c16-12-7-17-15-19-14(10-20(15)9-12)11-6-18-21(8-11)13-4-2-1-3-5-13/h1-10H. The molecule has 0 saturated carbocycles. The third-order valence-corrected chi connectivity index (χ3v) is 3.59. The van der Waals surface area contributed by atoms with Crippen molar-refractivity contribution in [2.45, 2.75) is 0 Å². The number of para-hydroxylation sites is 1. The molecule has 4 rings (SSSR count). The fraction of sp³-hybridized carbons (Fsp3) is 0. The number of hydrogen-bond acceptors (Lipinski definition) is 3. The summed E-state index contributed by atoms with van der Waals surface area (Å²) in [6.07, 6.45) is 9.38. The molecule has 0 spiro atoms. The lowest BCUT2D eigenvalue weighted by atomic mass is 10.3. The molecule has 0 radical (unpaired) electrons. The molecule has 5 nitrogen and oxygen atoms in total. The largest absolute Gasteiger partial charge is 0.289 e. The molecule has 0 atom stereocenters. The zero-order valence-electron chi connectivity index (χ0n) is 10.9. The number of rotatable bonds is 2. The smallest absolute Gasteiger partial charge is 0.234 e. The summed E-state index contributed by atoms with van der Waals surface area (Å²) in [5.74, 6) is 0.667. The van der Waals surface area contributed by atoms with Crippen LogP contribution < -0.4 is 0 Å².